The van der Waals surface area contributed by atoms with Gasteiger partial charge in [-0.1, -0.05) is 0 Å². The largest absolute Gasteiger partial charge is 0.493 e. The predicted molar refractivity (Wildman–Crippen MR) is 91.1 cm³/mol. The van der Waals surface area contributed by atoms with Crippen molar-refractivity contribution in [2.75, 3.05) is 32.2 Å². The standard InChI is InChI=1S/C14H18N4O2.C2HF3O2/c1-19-12-5-10-11(6-13(12)20-2)16-8-17-14(10)18-4-3-9(15)7-18;3-2(4,5)1(6)7/h5-6,8-9H,3-4,7,15H2,1-2H3;(H,6,7). The molecule has 1 saturated heterocycles. The van der Waals surface area contributed by atoms with Crippen LogP contribution in [0.15, 0.2) is 18.5 Å². The third-order valence-corrected chi connectivity index (χ3v) is 3.89. The number of hydrogen-bond acceptors (Lipinski definition) is 7. The first-order chi connectivity index (χ1) is 12.7. The lowest BCUT2D eigenvalue weighted by atomic mass is 10.2. The first-order valence-electron chi connectivity index (χ1n) is 7.84. The molecular weight excluding hydrogens is 369 g/mol. The molecule has 1 aromatic heterocycles. The molecule has 0 saturated carbocycles. The van der Waals surface area contributed by atoms with Crippen molar-refractivity contribution in [3.8, 4) is 11.5 Å². The summed E-state index contributed by atoms with van der Waals surface area (Å²) in [5.74, 6) is -0.501. The number of hydrogen-bond donors (Lipinski definition) is 2. The maximum Gasteiger partial charge on any atom is 0.490 e. The average Bonchev–Trinajstić information content (AvgIpc) is 3.05. The minimum Gasteiger partial charge on any atom is -0.493 e. The maximum absolute atomic E-state index is 10.6. The highest BCUT2D eigenvalue weighted by molar-refractivity contribution is 5.92. The first-order valence-corrected chi connectivity index (χ1v) is 7.84. The van der Waals surface area contributed by atoms with E-state index in [4.69, 9.17) is 25.1 Å². The van der Waals surface area contributed by atoms with Gasteiger partial charge in [-0.25, -0.2) is 14.8 Å². The molecule has 0 spiro atoms. The Hall–Kier alpha value is -2.82. The van der Waals surface area contributed by atoms with Crippen LogP contribution in [0.2, 0.25) is 0 Å². The van der Waals surface area contributed by atoms with Crippen molar-refractivity contribution in [2.45, 2.75) is 18.6 Å². The van der Waals surface area contributed by atoms with Crippen LogP contribution in [0.5, 0.6) is 11.5 Å². The van der Waals surface area contributed by atoms with Gasteiger partial charge in [-0.05, 0) is 12.5 Å². The van der Waals surface area contributed by atoms with Gasteiger partial charge in [0, 0.05) is 30.6 Å². The Morgan fingerprint density at radius 2 is 1.85 bits per heavy atom. The van der Waals surface area contributed by atoms with Crippen LogP contribution >= 0.6 is 0 Å². The number of alkyl halides is 3. The van der Waals surface area contributed by atoms with Crippen LogP contribution in [0.25, 0.3) is 10.9 Å². The number of carbonyl (C=O) groups is 1. The predicted octanol–water partition coefficient (Wildman–Crippen LogP) is 1.82. The summed E-state index contributed by atoms with van der Waals surface area (Å²) in [7, 11) is 3.24. The first kappa shape index (κ1) is 20.5. The summed E-state index contributed by atoms with van der Waals surface area (Å²) in [5, 5.41) is 8.08. The van der Waals surface area contributed by atoms with Crippen molar-refractivity contribution in [2.24, 2.45) is 5.73 Å². The molecule has 0 bridgehead atoms. The molecule has 3 rings (SSSR count). The fourth-order valence-corrected chi connectivity index (χ4v) is 2.60. The van der Waals surface area contributed by atoms with Gasteiger partial charge in [0.05, 0.1) is 19.7 Å². The zero-order valence-electron chi connectivity index (χ0n) is 14.7. The molecule has 2 aromatic rings. The molecule has 1 aliphatic heterocycles. The van der Waals surface area contributed by atoms with E-state index in [9.17, 15) is 13.2 Å². The number of carboxylic acid groups (broad SMARTS) is 1. The SMILES string of the molecule is COc1cc2ncnc(N3CCC(N)C3)c2cc1OC.O=C(O)C(F)(F)F. The monoisotopic (exact) mass is 388 g/mol. The van der Waals surface area contributed by atoms with E-state index >= 15 is 0 Å². The minimum absolute atomic E-state index is 0.208. The summed E-state index contributed by atoms with van der Waals surface area (Å²) in [6.07, 6.45) is -2.52. The molecule has 8 nitrogen and oxygen atoms in total. The molecule has 2 heterocycles. The topological polar surface area (TPSA) is 111 Å². The van der Waals surface area contributed by atoms with Crippen LogP contribution in [0.4, 0.5) is 19.0 Å². The number of anilines is 1. The van der Waals surface area contributed by atoms with E-state index in [0.717, 1.165) is 36.2 Å². The maximum atomic E-state index is 10.6. The Kier molecular flexibility index (Phi) is 6.26. The van der Waals surface area contributed by atoms with E-state index in [1.165, 1.54) is 0 Å². The number of aromatic nitrogens is 2. The van der Waals surface area contributed by atoms with Gasteiger partial charge in [-0.3, -0.25) is 0 Å². The lowest BCUT2D eigenvalue weighted by Gasteiger charge is -2.19. The van der Waals surface area contributed by atoms with Gasteiger partial charge in [0.2, 0.25) is 0 Å². The van der Waals surface area contributed by atoms with Crippen LogP contribution in [0, 0.1) is 0 Å². The number of aliphatic carboxylic acids is 1. The fraction of sp³-hybridized carbons (Fsp3) is 0.438. The summed E-state index contributed by atoms with van der Waals surface area (Å²) in [5.41, 5.74) is 6.82. The number of benzene rings is 1. The Labute approximate surface area is 152 Å². The van der Waals surface area contributed by atoms with Crippen molar-refractivity contribution in [1.82, 2.24) is 9.97 Å². The van der Waals surface area contributed by atoms with Crippen molar-refractivity contribution in [1.29, 1.82) is 0 Å². The molecule has 1 unspecified atom stereocenters. The Bertz CT molecular complexity index is 816. The highest BCUT2D eigenvalue weighted by Gasteiger charge is 2.38. The van der Waals surface area contributed by atoms with Crippen molar-refractivity contribution in [3.05, 3.63) is 18.5 Å². The highest BCUT2D eigenvalue weighted by Crippen LogP contribution is 2.35. The van der Waals surface area contributed by atoms with Crippen LogP contribution in [-0.2, 0) is 4.79 Å². The number of halogens is 3. The third kappa shape index (κ3) is 4.88. The Balaban J connectivity index is 0.000000321. The summed E-state index contributed by atoms with van der Waals surface area (Å²) in [6.45, 7) is 1.74. The summed E-state index contributed by atoms with van der Waals surface area (Å²) < 4.78 is 42.4. The average molecular weight is 388 g/mol. The van der Waals surface area contributed by atoms with Crippen molar-refractivity contribution < 1.29 is 32.5 Å². The quantitative estimate of drug-likeness (QED) is 0.819. The molecule has 0 radical (unpaired) electrons. The molecule has 1 atom stereocenters. The molecule has 3 N–H and O–H groups in total. The van der Waals surface area contributed by atoms with E-state index in [1.54, 1.807) is 20.5 Å². The molecule has 1 aromatic carbocycles. The number of fused-ring (bicyclic) bond motifs is 1. The van der Waals surface area contributed by atoms with E-state index < -0.39 is 12.1 Å². The number of nitrogens with two attached hydrogens (primary N) is 1. The normalized spacial score (nSPS) is 16.7. The summed E-state index contributed by atoms with van der Waals surface area (Å²) in [6, 6.07) is 4.00. The van der Waals surface area contributed by atoms with Gasteiger partial charge in [-0.2, -0.15) is 13.2 Å². The van der Waals surface area contributed by atoms with E-state index in [1.807, 2.05) is 12.1 Å². The number of carboxylic acids is 1. The van der Waals surface area contributed by atoms with Crippen LogP contribution in [0.3, 0.4) is 0 Å². The van der Waals surface area contributed by atoms with Gasteiger partial charge in [0.1, 0.15) is 12.1 Å². The highest BCUT2D eigenvalue weighted by atomic mass is 19.4. The zero-order chi connectivity index (χ0) is 20.2. The fourth-order valence-electron chi connectivity index (χ4n) is 2.60. The van der Waals surface area contributed by atoms with E-state index in [0.29, 0.717) is 11.5 Å². The van der Waals surface area contributed by atoms with Gasteiger partial charge in [-0.15, -0.1) is 0 Å². The summed E-state index contributed by atoms with van der Waals surface area (Å²) in [4.78, 5) is 19.8. The number of methoxy groups -OCH3 is 2. The van der Waals surface area contributed by atoms with Gasteiger partial charge >= 0.3 is 12.1 Å². The number of nitrogens with zero attached hydrogens (tertiary/aromatic N) is 3. The Morgan fingerprint density at radius 1 is 1.26 bits per heavy atom. The van der Waals surface area contributed by atoms with E-state index in [2.05, 4.69) is 14.9 Å². The van der Waals surface area contributed by atoms with Crippen LogP contribution in [-0.4, -0.2) is 60.6 Å². The Morgan fingerprint density at radius 3 is 2.33 bits per heavy atom. The molecule has 11 heteroatoms. The smallest absolute Gasteiger partial charge is 0.490 e. The minimum atomic E-state index is -5.08. The number of rotatable bonds is 3. The lowest BCUT2D eigenvalue weighted by molar-refractivity contribution is -0.192. The van der Waals surface area contributed by atoms with Crippen LogP contribution in [0.1, 0.15) is 6.42 Å². The van der Waals surface area contributed by atoms with Gasteiger partial charge in [0.15, 0.2) is 11.5 Å². The second kappa shape index (κ2) is 8.25. The molecule has 1 aliphatic rings. The molecule has 1 fully saturated rings. The van der Waals surface area contributed by atoms with Crippen LogP contribution < -0.4 is 20.1 Å². The second-order valence-corrected chi connectivity index (χ2v) is 5.72. The van der Waals surface area contributed by atoms with Crippen molar-refractivity contribution in [3.63, 3.8) is 0 Å². The third-order valence-electron chi connectivity index (χ3n) is 3.89. The zero-order valence-corrected chi connectivity index (χ0v) is 14.7. The molecular formula is C16H19F3N4O4. The lowest BCUT2D eigenvalue weighted by Crippen LogP contribution is -2.27. The molecule has 0 amide bonds. The molecule has 148 valence electrons. The van der Waals surface area contributed by atoms with Gasteiger partial charge < -0.3 is 25.2 Å². The second-order valence-electron chi connectivity index (χ2n) is 5.72. The number of ether oxygens (including phenoxy) is 2. The van der Waals surface area contributed by atoms with Crippen molar-refractivity contribution >= 4 is 22.7 Å². The van der Waals surface area contributed by atoms with E-state index in [-0.39, 0.29) is 6.04 Å². The summed E-state index contributed by atoms with van der Waals surface area (Å²) >= 11 is 0. The van der Waals surface area contributed by atoms with Gasteiger partial charge in [0.25, 0.3) is 0 Å². The molecule has 0 aliphatic carbocycles. The molecule has 27 heavy (non-hydrogen) atoms.